The van der Waals surface area contributed by atoms with Gasteiger partial charge in [0.05, 0.1) is 31.3 Å². The van der Waals surface area contributed by atoms with Gasteiger partial charge < -0.3 is 9.64 Å². The van der Waals surface area contributed by atoms with E-state index in [0.29, 0.717) is 0 Å². The maximum absolute atomic E-state index is 6.21. The zero-order chi connectivity index (χ0) is 14.3. The first-order valence-corrected chi connectivity index (χ1v) is 7.69. The summed E-state index contributed by atoms with van der Waals surface area (Å²) >= 11 is 6.21. The van der Waals surface area contributed by atoms with Crippen molar-refractivity contribution in [1.82, 2.24) is 0 Å². The monoisotopic (exact) mass is 284 g/mol. The summed E-state index contributed by atoms with van der Waals surface area (Å²) in [6, 6.07) is 4.07. The third-order valence-corrected chi connectivity index (χ3v) is 3.83. The van der Waals surface area contributed by atoms with E-state index in [-0.39, 0.29) is 0 Å². The summed E-state index contributed by atoms with van der Waals surface area (Å²) in [6.45, 7) is 13.0. The Morgan fingerprint density at radius 1 is 1.11 bits per heavy atom. The largest absolute Gasteiger partial charge is 0.492 e. The van der Waals surface area contributed by atoms with Gasteiger partial charge in [0.15, 0.2) is 0 Å². The van der Waals surface area contributed by atoms with Crippen LogP contribution in [-0.4, -0.2) is 26.2 Å². The van der Waals surface area contributed by atoms with Crippen molar-refractivity contribution in [2.24, 2.45) is 0 Å². The molecule has 2 nitrogen and oxygen atoms in total. The van der Waals surface area contributed by atoms with Crippen molar-refractivity contribution in [2.45, 2.75) is 40.5 Å². The van der Waals surface area contributed by atoms with Crippen LogP contribution in [0.5, 0.6) is 5.75 Å². The van der Waals surface area contributed by atoms with Crippen LogP contribution in [0, 0.1) is 13.8 Å². The molecule has 1 rings (SSSR count). The molecule has 0 saturated carbocycles. The minimum atomic E-state index is 0.729. The zero-order valence-corrected chi connectivity index (χ0v) is 13.4. The van der Waals surface area contributed by atoms with Gasteiger partial charge in [-0.05, 0) is 57.7 Å². The minimum Gasteiger partial charge on any atom is -0.492 e. The molecule has 0 aliphatic heterocycles. The molecule has 0 aliphatic carbocycles. The van der Waals surface area contributed by atoms with Crippen molar-refractivity contribution in [3.8, 4) is 5.75 Å². The van der Waals surface area contributed by atoms with Gasteiger partial charge in [-0.15, -0.1) is 0 Å². The average Bonchev–Trinajstić information content (AvgIpc) is 2.36. The summed E-state index contributed by atoms with van der Waals surface area (Å²) in [6.07, 6.45) is 2.30. The highest BCUT2D eigenvalue weighted by atomic mass is 35.5. The summed E-state index contributed by atoms with van der Waals surface area (Å²) in [5.41, 5.74) is 2.30. The topological polar surface area (TPSA) is 13.7 Å². The highest BCUT2D eigenvalue weighted by Gasteiger charge is 2.07. The smallest absolute Gasteiger partial charge is 0.140 e. The number of rotatable bonds is 8. The van der Waals surface area contributed by atoms with Gasteiger partial charge in [-0.2, -0.15) is 0 Å². The predicted molar refractivity (Wildman–Crippen MR) is 82.6 cm³/mol. The predicted octanol–water partition coefficient (Wildman–Crippen LogP) is 3.04. The molecule has 0 unspecified atom stereocenters. The van der Waals surface area contributed by atoms with Crippen molar-refractivity contribution in [2.75, 3.05) is 26.2 Å². The van der Waals surface area contributed by atoms with Gasteiger partial charge in [0.25, 0.3) is 0 Å². The molecular weight excluding hydrogens is 258 g/mol. The summed E-state index contributed by atoms with van der Waals surface area (Å²) in [7, 11) is 0. The lowest BCUT2D eigenvalue weighted by molar-refractivity contribution is -0.896. The van der Waals surface area contributed by atoms with Crippen LogP contribution in [-0.2, 0) is 0 Å². The van der Waals surface area contributed by atoms with Crippen molar-refractivity contribution in [1.29, 1.82) is 0 Å². The van der Waals surface area contributed by atoms with Crippen LogP contribution < -0.4 is 9.64 Å². The summed E-state index contributed by atoms with van der Waals surface area (Å²) in [4.78, 5) is 1.66. The van der Waals surface area contributed by atoms with Gasteiger partial charge in [0, 0.05) is 0 Å². The van der Waals surface area contributed by atoms with Gasteiger partial charge in [-0.3, -0.25) is 0 Å². The molecule has 3 heteroatoms. The van der Waals surface area contributed by atoms with Gasteiger partial charge in [-0.1, -0.05) is 17.7 Å². The molecule has 0 aliphatic rings. The lowest BCUT2D eigenvalue weighted by Crippen LogP contribution is -3.11. The number of hydrogen-bond donors (Lipinski definition) is 1. The van der Waals surface area contributed by atoms with Crippen LogP contribution in [0.15, 0.2) is 12.1 Å². The summed E-state index contributed by atoms with van der Waals surface area (Å²) < 4.78 is 5.83. The Labute approximate surface area is 122 Å². The number of nitrogens with one attached hydrogen (secondary N) is 1. The van der Waals surface area contributed by atoms with Crippen LogP contribution in [0.2, 0.25) is 5.02 Å². The molecule has 0 amide bonds. The molecule has 1 N–H and O–H groups in total. The van der Waals surface area contributed by atoms with Crippen molar-refractivity contribution < 1.29 is 9.64 Å². The molecule has 19 heavy (non-hydrogen) atoms. The lowest BCUT2D eigenvalue weighted by atomic mass is 10.1. The van der Waals surface area contributed by atoms with E-state index in [9.17, 15) is 0 Å². The average molecular weight is 285 g/mol. The van der Waals surface area contributed by atoms with E-state index >= 15 is 0 Å². The first-order valence-electron chi connectivity index (χ1n) is 7.31. The van der Waals surface area contributed by atoms with Gasteiger partial charge in [0.1, 0.15) is 5.75 Å². The molecule has 1 aromatic rings. The van der Waals surface area contributed by atoms with Gasteiger partial charge >= 0.3 is 0 Å². The van der Waals surface area contributed by atoms with Crippen molar-refractivity contribution >= 4 is 11.6 Å². The molecule has 0 aromatic heterocycles. The minimum absolute atomic E-state index is 0.729. The molecule has 0 bridgehead atoms. The molecule has 0 radical (unpaired) electrons. The first-order chi connectivity index (χ1) is 9.08. The normalized spacial score (nSPS) is 11.1. The van der Waals surface area contributed by atoms with Crippen LogP contribution in [0.25, 0.3) is 0 Å². The van der Waals surface area contributed by atoms with E-state index in [1.807, 2.05) is 13.0 Å². The Morgan fingerprint density at radius 3 is 2.37 bits per heavy atom. The number of quaternary nitrogens is 1. The number of aryl methyl sites for hydroxylation is 2. The van der Waals surface area contributed by atoms with Crippen LogP contribution in [0.3, 0.4) is 0 Å². The second kappa shape index (κ2) is 8.44. The molecule has 0 heterocycles. The summed E-state index contributed by atoms with van der Waals surface area (Å²) in [5.74, 6) is 0.849. The Balaban J connectivity index is 2.34. The van der Waals surface area contributed by atoms with E-state index in [1.54, 1.807) is 4.90 Å². The number of unbranched alkanes of at least 4 members (excludes halogenated alkanes) is 1. The highest BCUT2D eigenvalue weighted by molar-refractivity contribution is 6.32. The Kier molecular flexibility index (Phi) is 7.25. The quantitative estimate of drug-likeness (QED) is 0.725. The molecule has 0 fully saturated rings. The third-order valence-electron chi connectivity index (χ3n) is 3.54. The van der Waals surface area contributed by atoms with Crippen molar-refractivity contribution in [3.63, 3.8) is 0 Å². The standard InChI is InChI=1S/C16H26ClNO/c1-5-18(6-2)9-7-8-10-19-16-14(4)11-13(3)12-15(16)17/h11-12H,5-10H2,1-4H3/p+1. The van der Waals surface area contributed by atoms with Gasteiger partial charge in [0.2, 0.25) is 0 Å². The molecule has 0 spiro atoms. The second-order valence-corrected chi connectivity index (χ2v) is 5.56. The van der Waals surface area contributed by atoms with Crippen molar-refractivity contribution in [3.05, 3.63) is 28.3 Å². The Bertz CT molecular complexity index is 365. The second-order valence-electron chi connectivity index (χ2n) is 5.16. The Hall–Kier alpha value is -0.730. The number of benzene rings is 1. The van der Waals surface area contributed by atoms with Crippen LogP contribution >= 0.6 is 11.6 Å². The van der Waals surface area contributed by atoms with E-state index in [4.69, 9.17) is 16.3 Å². The zero-order valence-electron chi connectivity index (χ0n) is 12.7. The molecule has 1 aromatic carbocycles. The SMILES string of the molecule is CC[NH+](CC)CCCCOc1c(C)cc(C)cc1Cl. The fourth-order valence-corrected chi connectivity index (χ4v) is 2.72. The maximum Gasteiger partial charge on any atom is 0.140 e. The molecule has 0 atom stereocenters. The van der Waals surface area contributed by atoms with E-state index in [1.165, 1.54) is 31.6 Å². The number of hydrogen-bond acceptors (Lipinski definition) is 1. The lowest BCUT2D eigenvalue weighted by Gasteiger charge is -2.15. The van der Waals surface area contributed by atoms with E-state index < -0.39 is 0 Å². The molecule has 108 valence electrons. The fourth-order valence-electron chi connectivity index (χ4n) is 2.34. The summed E-state index contributed by atoms with van der Waals surface area (Å²) in [5, 5.41) is 0.729. The first kappa shape index (κ1) is 16.3. The van der Waals surface area contributed by atoms with Gasteiger partial charge in [-0.25, -0.2) is 0 Å². The Morgan fingerprint density at radius 2 is 1.79 bits per heavy atom. The fraction of sp³-hybridized carbons (Fsp3) is 0.625. The van der Waals surface area contributed by atoms with E-state index in [2.05, 4.69) is 26.8 Å². The molecule has 0 saturated heterocycles. The number of ether oxygens (including phenoxy) is 1. The molecular formula is C16H27ClNO+. The number of halogens is 1. The van der Waals surface area contributed by atoms with Crippen LogP contribution in [0.4, 0.5) is 0 Å². The maximum atomic E-state index is 6.21. The third kappa shape index (κ3) is 5.42. The van der Waals surface area contributed by atoms with Crippen LogP contribution in [0.1, 0.15) is 37.8 Å². The van der Waals surface area contributed by atoms with E-state index in [0.717, 1.165) is 29.4 Å². The highest BCUT2D eigenvalue weighted by Crippen LogP contribution is 2.29.